The van der Waals surface area contributed by atoms with E-state index in [9.17, 15) is 13.2 Å². The Morgan fingerprint density at radius 3 is 2.45 bits per heavy atom. The number of hydrogen-bond donors (Lipinski definition) is 2. The van der Waals surface area contributed by atoms with Crippen molar-refractivity contribution in [3.8, 4) is 5.75 Å². The lowest BCUT2D eigenvalue weighted by Crippen LogP contribution is -2.23. The van der Waals surface area contributed by atoms with Gasteiger partial charge in [0.1, 0.15) is 18.1 Å². The second-order valence-corrected chi connectivity index (χ2v) is 8.92. The van der Waals surface area contributed by atoms with Crippen molar-refractivity contribution in [1.29, 1.82) is 0 Å². The highest BCUT2D eigenvalue weighted by Crippen LogP contribution is 2.22. The van der Waals surface area contributed by atoms with E-state index in [-0.39, 0.29) is 11.4 Å². The number of carbonyl (C=O) groups excluding carboxylic acids is 1. The van der Waals surface area contributed by atoms with Gasteiger partial charge in [-0.1, -0.05) is 48.5 Å². The summed E-state index contributed by atoms with van der Waals surface area (Å²) in [5, 5.41) is 2.75. The van der Waals surface area contributed by atoms with Gasteiger partial charge in [-0.05, 0) is 48.0 Å². The molecule has 3 aromatic carbocycles. The van der Waals surface area contributed by atoms with Crippen LogP contribution >= 0.6 is 0 Å². The van der Waals surface area contributed by atoms with Crippen molar-refractivity contribution in [2.75, 3.05) is 5.32 Å². The number of sulfonamides is 1. The normalized spacial score (nSPS) is 11.2. The third-order valence-corrected chi connectivity index (χ3v) is 6.19. The topological polar surface area (TPSA) is 97.6 Å². The summed E-state index contributed by atoms with van der Waals surface area (Å²) in [7, 11) is -3.79. The zero-order chi connectivity index (χ0) is 23.1. The second kappa shape index (κ2) is 10.2. The van der Waals surface area contributed by atoms with E-state index >= 15 is 0 Å². The maximum atomic E-state index is 12.9. The Bertz CT molecular complexity index is 1320. The van der Waals surface area contributed by atoms with E-state index in [4.69, 9.17) is 9.15 Å². The minimum atomic E-state index is -3.79. The minimum Gasteiger partial charge on any atom is -0.488 e. The van der Waals surface area contributed by atoms with E-state index in [1.54, 1.807) is 48.5 Å². The first kappa shape index (κ1) is 22.3. The first-order chi connectivity index (χ1) is 16.0. The molecule has 0 saturated carbocycles. The van der Waals surface area contributed by atoms with Gasteiger partial charge in [0.15, 0.2) is 0 Å². The summed E-state index contributed by atoms with van der Waals surface area (Å²) in [5.74, 6) is 0.523. The van der Waals surface area contributed by atoms with E-state index in [2.05, 4.69) is 10.0 Å². The van der Waals surface area contributed by atoms with Crippen LogP contribution in [0.5, 0.6) is 5.75 Å². The van der Waals surface area contributed by atoms with Crippen molar-refractivity contribution in [2.45, 2.75) is 18.0 Å². The van der Waals surface area contributed by atoms with Crippen LogP contribution in [0.2, 0.25) is 0 Å². The Hall–Kier alpha value is -3.88. The molecule has 168 valence electrons. The van der Waals surface area contributed by atoms with Crippen molar-refractivity contribution < 1.29 is 22.4 Å². The highest BCUT2D eigenvalue weighted by molar-refractivity contribution is 7.89. The third-order valence-electron chi connectivity index (χ3n) is 4.79. The first-order valence-electron chi connectivity index (χ1n) is 10.2. The molecule has 0 saturated heterocycles. The molecule has 0 spiro atoms. The van der Waals surface area contributed by atoms with Crippen LogP contribution in [0.15, 0.2) is 107 Å². The van der Waals surface area contributed by atoms with Crippen LogP contribution in [0.1, 0.15) is 21.7 Å². The molecule has 1 amide bonds. The Labute approximate surface area is 192 Å². The Morgan fingerprint density at radius 2 is 1.67 bits per heavy atom. The zero-order valence-corrected chi connectivity index (χ0v) is 18.4. The zero-order valence-electron chi connectivity index (χ0n) is 17.6. The molecule has 4 rings (SSSR count). The van der Waals surface area contributed by atoms with E-state index in [0.717, 1.165) is 5.56 Å². The molecular weight excluding hydrogens is 440 g/mol. The summed E-state index contributed by atoms with van der Waals surface area (Å²) in [4.78, 5) is 12.9. The average Bonchev–Trinajstić information content (AvgIpc) is 3.36. The predicted molar refractivity (Wildman–Crippen MR) is 124 cm³/mol. The number of para-hydroxylation sites is 1. The van der Waals surface area contributed by atoms with Gasteiger partial charge < -0.3 is 14.5 Å². The number of rotatable bonds is 9. The lowest BCUT2D eigenvalue weighted by Gasteiger charge is -2.12. The van der Waals surface area contributed by atoms with E-state index in [0.29, 0.717) is 29.4 Å². The van der Waals surface area contributed by atoms with Gasteiger partial charge in [0, 0.05) is 5.69 Å². The van der Waals surface area contributed by atoms with E-state index in [1.165, 1.54) is 18.4 Å². The molecule has 33 heavy (non-hydrogen) atoms. The maximum absolute atomic E-state index is 12.9. The number of amides is 1. The van der Waals surface area contributed by atoms with E-state index < -0.39 is 15.9 Å². The van der Waals surface area contributed by atoms with Gasteiger partial charge >= 0.3 is 0 Å². The summed E-state index contributed by atoms with van der Waals surface area (Å²) in [6.45, 7) is 0.345. The number of carbonyl (C=O) groups is 1. The van der Waals surface area contributed by atoms with Gasteiger partial charge in [0.25, 0.3) is 5.91 Å². The highest BCUT2D eigenvalue weighted by atomic mass is 32.2. The summed E-state index contributed by atoms with van der Waals surface area (Å²) in [5.41, 5.74) is 1.67. The van der Waals surface area contributed by atoms with Crippen molar-refractivity contribution >= 4 is 21.6 Å². The quantitative estimate of drug-likeness (QED) is 0.379. The van der Waals surface area contributed by atoms with Gasteiger partial charge in [0.2, 0.25) is 10.0 Å². The molecule has 0 aliphatic heterocycles. The van der Waals surface area contributed by atoms with Crippen LogP contribution in [-0.4, -0.2) is 14.3 Å². The molecule has 1 heterocycles. The first-order valence-corrected chi connectivity index (χ1v) is 11.7. The van der Waals surface area contributed by atoms with Crippen LogP contribution in [0.4, 0.5) is 5.69 Å². The van der Waals surface area contributed by atoms with Crippen molar-refractivity contribution in [1.82, 2.24) is 4.72 Å². The fraction of sp³-hybridized carbons (Fsp3) is 0.0800. The van der Waals surface area contributed by atoms with Crippen molar-refractivity contribution in [2.24, 2.45) is 0 Å². The average molecular weight is 463 g/mol. The van der Waals surface area contributed by atoms with Crippen molar-refractivity contribution in [3.63, 3.8) is 0 Å². The monoisotopic (exact) mass is 462 g/mol. The fourth-order valence-electron chi connectivity index (χ4n) is 3.12. The van der Waals surface area contributed by atoms with Crippen LogP contribution in [0.25, 0.3) is 0 Å². The molecule has 8 heteroatoms. The number of benzene rings is 3. The standard InChI is InChI=1S/C25H22N2O5S/c28-25(23-13-4-5-14-24(23)32-18-19-8-2-1-3-9-19)27-20-10-6-12-22(16-20)33(29,30)26-17-21-11-7-15-31-21/h1-16,26H,17-18H2,(H,27,28). The van der Waals surface area contributed by atoms with Gasteiger partial charge in [-0.2, -0.15) is 0 Å². The maximum Gasteiger partial charge on any atom is 0.259 e. The smallest absolute Gasteiger partial charge is 0.259 e. The number of nitrogens with one attached hydrogen (secondary N) is 2. The molecule has 0 atom stereocenters. The lowest BCUT2D eigenvalue weighted by molar-refractivity contribution is 0.102. The van der Waals surface area contributed by atoms with Crippen LogP contribution in [-0.2, 0) is 23.2 Å². The molecule has 0 unspecified atom stereocenters. The summed E-state index contributed by atoms with van der Waals surface area (Å²) in [6, 6.07) is 25.9. The SMILES string of the molecule is O=C(Nc1cccc(S(=O)(=O)NCc2ccco2)c1)c1ccccc1OCc1ccccc1. The highest BCUT2D eigenvalue weighted by Gasteiger charge is 2.17. The Kier molecular flexibility index (Phi) is 6.87. The molecule has 0 fully saturated rings. The van der Waals surface area contributed by atoms with Gasteiger partial charge in [0.05, 0.1) is 23.3 Å². The second-order valence-electron chi connectivity index (χ2n) is 7.16. The number of furan rings is 1. The van der Waals surface area contributed by atoms with Crippen LogP contribution < -0.4 is 14.8 Å². The Morgan fingerprint density at radius 1 is 0.879 bits per heavy atom. The van der Waals surface area contributed by atoms with Gasteiger partial charge in [-0.3, -0.25) is 4.79 Å². The molecule has 1 aromatic heterocycles. The lowest BCUT2D eigenvalue weighted by atomic mass is 10.1. The number of anilines is 1. The van der Waals surface area contributed by atoms with E-state index in [1.807, 2.05) is 30.3 Å². The minimum absolute atomic E-state index is 0.0258. The molecule has 2 N–H and O–H groups in total. The number of hydrogen-bond acceptors (Lipinski definition) is 5. The third kappa shape index (κ3) is 5.88. The predicted octanol–water partition coefficient (Wildman–Crippen LogP) is 4.59. The molecular formula is C25H22N2O5S. The Balaban J connectivity index is 1.46. The molecule has 0 aliphatic rings. The largest absolute Gasteiger partial charge is 0.488 e. The fourth-order valence-corrected chi connectivity index (χ4v) is 4.16. The summed E-state index contributed by atoms with van der Waals surface area (Å²) >= 11 is 0. The molecule has 0 radical (unpaired) electrons. The van der Waals surface area contributed by atoms with Crippen molar-refractivity contribution in [3.05, 3.63) is 114 Å². The molecule has 7 nitrogen and oxygen atoms in total. The van der Waals surface area contributed by atoms with Gasteiger partial charge in [-0.25, -0.2) is 13.1 Å². The van der Waals surface area contributed by atoms with Gasteiger partial charge in [-0.15, -0.1) is 0 Å². The molecule has 4 aromatic rings. The van der Waals surface area contributed by atoms with Crippen LogP contribution in [0, 0.1) is 0 Å². The summed E-state index contributed by atoms with van der Waals surface area (Å²) < 4.78 is 38.7. The molecule has 0 bridgehead atoms. The number of ether oxygens (including phenoxy) is 1. The summed E-state index contributed by atoms with van der Waals surface area (Å²) in [6.07, 6.45) is 1.47. The molecule has 0 aliphatic carbocycles. The van der Waals surface area contributed by atoms with Crippen LogP contribution in [0.3, 0.4) is 0 Å².